The van der Waals surface area contributed by atoms with Gasteiger partial charge < -0.3 is 15.2 Å². The average Bonchev–Trinajstić information content (AvgIpc) is 2.44. The number of aliphatic hydroxyl groups excluding tert-OH is 1. The Morgan fingerprint density at radius 3 is 2.57 bits per heavy atom. The normalized spacial score (nSPS) is 12.2. The van der Waals surface area contributed by atoms with Gasteiger partial charge in [-0.15, -0.1) is 0 Å². The van der Waals surface area contributed by atoms with Crippen molar-refractivity contribution in [3.8, 4) is 5.75 Å². The molecule has 0 heterocycles. The summed E-state index contributed by atoms with van der Waals surface area (Å²) in [4.78, 5) is 0. The molecule has 3 nitrogen and oxygen atoms in total. The zero-order valence-corrected chi connectivity index (χ0v) is 13.0. The van der Waals surface area contributed by atoms with E-state index in [-0.39, 0.29) is 18.8 Å². The number of hydrogen-bond donors (Lipinski definition) is 2. The van der Waals surface area contributed by atoms with Crippen molar-refractivity contribution in [2.75, 3.05) is 11.9 Å². The average molecular weight is 306 g/mol. The zero-order valence-electron chi connectivity index (χ0n) is 12.2. The van der Waals surface area contributed by atoms with Crippen molar-refractivity contribution in [3.63, 3.8) is 0 Å². The van der Waals surface area contributed by atoms with E-state index >= 15 is 0 Å². The van der Waals surface area contributed by atoms with Gasteiger partial charge >= 0.3 is 0 Å². The Bertz CT molecular complexity index is 587. The van der Waals surface area contributed by atoms with E-state index in [1.165, 1.54) is 0 Å². The monoisotopic (exact) mass is 305 g/mol. The highest BCUT2D eigenvalue weighted by molar-refractivity contribution is 6.30. The molecular formula is C17H20ClNO2. The molecule has 0 aromatic heterocycles. The van der Waals surface area contributed by atoms with Crippen LogP contribution in [0.15, 0.2) is 48.5 Å². The van der Waals surface area contributed by atoms with E-state index in [9.17, 15) is 5.11 Å². The molecule has 1 atom stereocenters. The number of halogens is 1. The van der Waals surface area contributed by atoms with E-state index in [4.69, 9.17) is 16.3 Å². The Labute approximate surface area is 130 Å². The smallest absolute Gasteiger partial charge is 0.120 e. The Kier molecular flexibility index (Phi) is 5.48. The molecular weight excluding hydrogens is 286 g/mol. The highest BCUT2D eigenvalue weighted by atomic mass is 35.5. The minimum Gasteiger partial charge on any atom is -0.491 e. The molecule has 0 aliphatic heterocycles. The van der Waals surface area contributed by atoms with Crippen LogP contribution in [0.4, 0.5) is 5.69 Å². The highest BCUT2D eigenvalue weighted by Gasteiger charge is 2.11. The molecule has 2 aromatic rings. The maximum absolute atomic E-state index is 9.65. The van der Waals surface area contributed by atoms with Gasteiger partial charge in [0, 0.05) is 10.7 Å². The van der Waals surface area contributed by atoms with Gasteiger partial charge in [0.2, 0.25) is 0 Å². The lowest BCUT2D eigenvalue weighted by atomic mass is 10.1. The van der Waals surface area contributed by atoms with E-state index in [1.54, 1.807) is 0 Å². The first-order valence-corrected chi connectivity index (χ1v) is 7.36. The molecule has 4 heteroatoms. The number of aliphatic hydroxyl groups is 1. The highest BCUT2D eigenvalue weighted by Crippen LogP contribution is 2.24. The maximum atomic E-state index is 9.65. The molecule has 2 rings (SSSR count). The Hall–Kier alpha value is -1.71. The topological polar surface area (TPSA) is 41.5 Å². The summed E-state index contributed by atoms with van der Waals surface area (Å²) < 4.78 is 5.69. The Morgan fingerprint density at radius 2 is 1.90 bits per heavy atom. The van der Waals surface area contributed by atoms with Crippen LogP contribution >= 0.6 is 11.6 Å². The summed E-state index contributed by atoms with van der Waals surface area (Å²) in [6.45, 7) is 3.96. The third kappa shape index (κ3) is 4.66. The van der Waals surface area contributed by atoms with Crippen LogP contribution in [0.2, 0.25) is 5.02 Å². The summed E-state index contributed by atoms with van der Waals surface area (Å²) in [5.41, 5.74) is 1.84. The van der Waals surface area contributed by atoms with Gasteiger partial charge in [-0.25, -0.2) is 0 Å². The number of anilines is 1. The third-order valence-corrected chi connectivity index (χ3v) is 3.22. The number of benzene rings is 2. The van der Waals surface area contributed by atoms with Gasteiger partial charge in [-0.2, -0.15) is 0 Å². The van der Waals surface area contributed by atoms with Gasteiger partial charge in [-0.05, 0) is 49.7 Å². The van der Waals surface area contributed by atoms with Crippen LogP contribution in [-0.4, -0.2) is 17.8 Å². The van der Waals surface area contributed by atoms with Gasteiger partial charge in [0.05, 0.1) is 18.8 Å². The lowest BCUT2D eigenvalue weighted by Gasteiger charge is -2.19. The summed E-state index contributed by atoms with van der Waals surface area (Å²) in [7, 11) is 0. The van der Waals surface area contributed by atoms with Crippen LogP contribution in [0.25, 0.3) is 0 Å². The number of hydrogen-bond acceptors (Lipinski definition) is 3. The van der Waals surface area contributed by atoms with Gasteiger partial charge in [0.25, 0.3) is 0 Å². The van der Waals surface area contributed by atoms with Crippen LogP contribution in [0.1, 0.15) is 25.5 Å². The van der Waals surface area contributed by atoms with Gasteiger partial charge in [-0.1, -0.05) is 29.8 Å². The summed E-state index contributed by atoms with van der Waals surface area (Å²) in [6.07, 6.45) is 0.119. The van der Waals surface area contributed by atoms with Crippen molar-refractivity contribution in [1.29, 1.82) is 0 Å². The fourth-order valence-electron chi connectivity index (χ4n) is 2.09. The van der Waals surface area contributed by atoms with E-state index in [0.717, 1.165) is 17.0 Å². The summed E-state index contributed by atoms with van der Waals surface area (Å²) in [5, 5.41) is 13.6. The standard InChI is InChI=1S/C17H20ClNO2/c1-12(2)21-16-8-3-5-13(9-16)17(11-20)19-15-7-4-6-14(18)10-15/h3-10,12,17,19-20H,11H2,1-2H3. The van der Waals surface area contributed by atoms with Crippen LogP contribution < -0.4 is 10.1 Å². The molecule has 0 aliphatic carbocycles. The molecule has 0 spiro atoms. The maximum Gasteiger partial charge on any atom is 0.120 e. The van der Waals surface area contributed by atoms with Crippen molar-refractivity contribution in [1.82, 2.24) is 0 Å². The molecule has 2 N–H and O–H groups in total. The number of nitrogens with one attached hydrogen (secondary N) is 1. The second-order valence-electron chi connectivity index (χ2n) is 5.13. The van der Waals surface area contributed by atoms with Crippen LogP contribution in [0.3, 0.4) is 0 Å². The first kappa shape index (κ1) is 15.7. The Balaban J connectivity index is 2.17. The van der Waals surface area contributed by atoms with Crippen LogP contribution in [0, 0.1) is 0 Å². The van der Waals surface area contributed by atoms with Crippen molar-refractivity contribution in [2.45, 2.75) is 26.0 Å². The summed E-state index contributed by atoms with van der Waals surface area (Å²) in [5.74, 6) is 0.800. The number of rotatable bonds is 6. The van der Waals surface area contributed by atoms with Crippen LogP contribution in [0.5, 0.6) is 5.75 Å². The molecule has 0 saturated heterocycles. The molecule has 0 radical (unpaired) electrons. The lowest BCUT2D eigenvalue weighted by Crippen LogP contribution is -2.15. The fourth-order valence-corrected chi connectivity index (χ4v) is 2.28. The first-order chi connectivity index (χ1) is 10.1. The molecule has 2 aromatic carbocycles. The predicted octanol–water partition coefficient (Wildman–Crippen LogP) is 4.27. The number of ether oxygens (including phenoxy) is 1. The van der Waals surface area contributed by atoms with Crippen molar-refractivity contribution < 1.29 is 9.84 Å². The fraction of sp³-hybridized carbons (Fsp3) is 0.294. The third-order valence-electron chi connectivity index (χ3n) is 2.98. The predicted molar refractivity (Wildman–Crippen MR) is 87.1 cm³/mol. The zero-order chi connectivity index (χ0) is 15.2. The minimum atomic E-state index is -0.209. The molecule has 112 valence electrons. The van der Waals surface area contributed by atoms with E-state index in [1.807, 2.05) is 62.4 Å². The molecule has 0 saturated carbocycles. The second-order valence-corrected chi connectivity index (χ2v) is 5.57. The molecule has 0 amide bonds. The second kappa shape index (κ2) is 7.34. The van der Waals surface area contributed by atoms with Crippen molar-refractivity contribution >= 4 is 17.3 Å². The molecule has 21 heavy (non-hydrogen) atoms. The van der Waals surface area contributed by atoms with E-state index < -0.39 is 0 Å². The molecule has 0 bridgehead atoms. The van der Waals surface area contributed by atoms with Gasteiger partial charge in [0.1, 0.15) is 5.75 Å². The van der Waals surface area contributed by atoms with Gasteiger partial charge in [-0.3, -0.25) is 0 Å². The molecule has 1 unspecified atom stereocenters. The molecule has 0 fully saturated rings. The van der Waals surface area contributed by atoms with Crippen LogP contribution in [-0.2, 0) is 0 Å². The lowest BCUT2D eigenvalue weighted by molar-refractivity contribution is 0.241. The minimum absolute atomic E-state index is 0.0162. The SMILES string of the molecule is CC(C)Oc1cccc(C(CO)Nc2cccc(Cl)c2)c1. The summed E-state index contributed by atoms with van der Waals surface area (Å²) >= 11 is 5.98. The Morgan fingerprint density at radius 1 is 1.14 bits per heavy atom. The first-order valence-electron chi connectivity index (χ1n) is 6.98. The van der Waals surface area contributed by atoms with Crippen molar-refractivity contribution in [3.05, 3.63) is 59.1 Å². The largest absolute Gasteiger partial charge is 0.491 e. The summed E-state index contributed by atoms with van der Waals surface area (Å²) in [6, 6.07) is 15.0. The quantitative estimate of drug-likeness (QED) is 0.837. The van der Waals surface area contributed by atoms with Crippen molar-refractivity contribution in [2.24, 2.45) is 0 Å². The molecule has 0 aliphatic rings. The van der Waals surface area contributed by atoms with E-state index in [0.29, 0.717) is 5.02 Å². The van der Waals surface area contributed by atoms with Gasteiger partial charge in [0.15, 0.2) is 0 Å². The van der Waals surface area contributed by atoms with E-state index in [2.05, 4.69) is 5.32 Å².